The van der Waals surface area contributed by atoms with Gasteiger partial charge in [0, 0.05) is 12.1 Å². The van der Waals surface area contributed by atoms with Crippen LogP contribution in [0.1, 0.15) is 73.1 Å². The van der Waals surface area contributed by atoms with E-state index in [9.17, 15) is 0 Å². The molecule has 0 saturated heterocycles. The Balaban J connectivity index is 2.05. The van der Waals surface area contributed by atoms with Crippen molar-refractivity contribution in [2.45, 2.75) is 85.2 Å². The van der Waals surface area contributed by atoms with E-state index in [1.54, 1.807) is 0 Å². The first-order valence-corrected chi connectivity index (χ1v) is 8.74. The maximum absolute atomic E-state index is 3.78. The van der Waals surface area contributed by atoms with Crippen LogP contribution >= 0.6 is 0 Å². The second-order valence-electron chi connectivity index (χ2n) is 8.15. The standard InChI is InChI=1S/C18H38N2/c1-15(2)20(6)14-8-7-13-19-17-11-9-16(10-12-17)18(3,4)5/h15-17,19H,7-14H2,1-6H3. The molecule has 1 aliphatic carbocycles. The molecular weight excluding hydrogens is 244 g/mol. The zero-order valence-corrected chi connectivity index (χ0v) is 14.8. The van der Waals surface area contributed by atoms with Crippen molar-refractivity contribution in [3.8, 4) is 0 Å². The summed E-state index contributed by atoms with van der Waals surface area (Å²) >= 11 is 0. The van der Waals surface area contributed by atoms with Crippen LogP contribution in [0.2, 0.25) is 0 Å². The first-order chi connectivity index (χ1) is 9.30. The summed E-state index contributed by atoms with van der Waals surface area (Å²) in [4.78, 5) is 2.44. The van der Waals surface area contributed by atoms with E-state index in [0.29, 0.717) is 11.5 Å². The second kappa shape index (κ2) is 8.38. The first-order valence-electron chi connectivity index (χ1n) is 8.74. The largest absolute Gasteiger partial charge is 0.314 e. The highest BCUT2D eigenvalue weighted by Crippen LogP contribution is 2.37. The van der Waals surface area contributed by atoms with Gasteiger partial charge in [-0.15, -0.1) is 0 Å². The van der Waals surface area contributed by atoms with Crippen LogP contribution in [-0.2, 0) is 0 Å². The van der Waals surface area contributed by atoms with Gasteiger partial charge >= 0.3 is 0 Å². The van der Waals surface area contributed by atoms with Gasteiger partial charge in [0.05, 0.1) is 0 Å². The molecule has 0 unspecified atom stereocenters. The molecule has 1 fully saturated rings. The van der Waals surface area contributed by atoms with Crippen LogP contribution in [0.3, 0.4) is 0 Å². The van der Waals surface area contributed by atoms with Crippen LogP contribution in [0.25, 0.3) is 0 Å². The van der Waals surface area contributed by atoms with Crippen molar-refractivity contribution < 1.29 is 0 Å². The summed E-state index contributed by atoms with van der Waals surface area (Å²) in [7, 11) is 2.23. The molecule has 0 amide bonds. The summed E-state index contributed by atoms with van der Waals surface area (Å²) in [6.07, 6.45) is 8.23. The minimum Gasteiger partial charge on any atom is -0.314 e. The molecule has 1 N–H and O–H groups in total. The van der Waals surface area contributed by atoms with Gasteiger partial charge in [0.25, 0.3) is 0 Å². The minimum absolute atomic E-state index is 0.506. The van der Waals surface area contributed by atoms with Crippen LogP contribution in [0.15, 0.2) is 0 Å². The monoisotopic (exact) mass is 282 g/mol. The van der Waals surface area contributed by atoms with E-state index >= 15 is 0 Å². The number of nitrogens with one attached hydrogen (secondary N) is 1. The van der Waals surface area contributed by atoms with Gasteiger partial charge in [-0.25, -0.2) is 0 Å². The predicted octanol–water partition coefficient (Wildman–Crippen LogP) is 4.30. The molecule has 0 bridgehead atoms. The van der Waals surface area contributed by atoms with Crippen molar-refractivity contribution in [1.29, 1.82) is 0 Å². The summed E-state index contributed by atoms with van der Waals surface area (Å²) in [5.74, 6) is 0.931. The van der Waals surface area contributed by atoms with Gasteiger partial charge in [-0.1, -0.05) is 20.8 Å². The van der Waals surface area contributed by atoms with Crippen molar-refractivity contribution >= 4 is 0 Å². The molecule has 0 atom stereocenters. The number of rotatable bonds is 7. The molecule has 0 aromatic rings. The topological polar surface area (TPSA) is 15.3 Å². The van der Waals surface area contributed by atoms with E-state index in [0.717, 1.165) is 12.0 Å². The highest BCUT2D eigenvalue weighted by molar-refractivity contribution is 4.83. The average Bonchev–Trinajstić information content (AvgIpc) is 2.37. The van der Waals surface area contributed by atoms with Gasteiger partial charge in [0.15, 0.2) is 0 Å². The third kappa shape index (κ3) is 6.58. The van der Waals surface area contributed by atoms with Crippen LogP contribution in [-0.4, -0.2) is 37.1 Å². The molecule has 20 heavy (non-hydrogen) atoms. The number of hydrogen-bond acceptors (Lipinski definition) is 2. The Labute approximate surface area is 127 Å². The van der Waals surface area contributed by atoms with Crippen molar-refractivity contribution in [3.05, 3.63) is 0 Å². The fraction of sp³-hybridized carbons (Fsp3) is 1.00. The Bertz CT molecular complexity index is 247. The Morgan fingerprint density at radius 1 is 1.05 bits per heavy atom. The average molecular weight is 283 g/mol. The molecule has 1 rings (SSSR count). The smallest absolute Gasteiger partial charge is 0.00672 e. The van der Waals surface area contributed by atoms with Gasteiger partial charge in [-0.3, -0.25) is 0 Å². The maximum Gasteiger partial charge on any atom is 0.00672 e. The minimum atomic E-state index is 0.506. The number of nitrogens with zero attached hydrogens (tertiary/aromatic N) is 1. The zero-order valence-electron chi connectivity index (χ0n) is 14.8. The highest BCUT2D eigenvalue weighted by atomic mass is 15.1. The highest BCUT2D eigenvalue weighted by Gasteiger charge is 2.29. The third-order valence-corrected chi connectivity index (χ3v) is 5.20. The predicted molar refractivity (Wildman–Crippen MR) is 90.2 cm³/mol. The van der Waals surface area contributed by atoms with Gasteiger partial charge in [0.2, 0.25) is 0 Å². The van der Waals surface area contributed by atoms with Crippen LogP contribution in [0.5, 0.6) is 0 Å². The normalized spacial score (nSPS) is 24.6. The summed E-state index contributed by atoms with van der Waals surface area (Å²) in [6, 6.07) is 1.46. The van der Waals surface area contributed by atoms with E-state index in [1.165, 1.54) is 51.6 Å². The molecule has 0 heterocycles. The molecule has 0 aromatic heterocycles. The quantitative estimate of drug-likeness (QED) is 0.700. The van der Waals surface area contributed by atoms with Crippen molar-refractivity contribution in [2.24, 2.45) is 11.3 Å². The number of hydrogen-bond donors (Lipinski definition) is 1. The summed E-state index contributed by atoms with van der Waals surface area (Å²) in [5, 5.41) is 3.78. The lowest BCUT2D eigenvalue weighted by Gasteiger charge is -2.37. The fourth-order valence-corrected chi connectivity index (χ4v) is 3.21. The van der Waals surface area contributed by atoms with Gasteiger partial charge < -0.3 is 10.2 Å². The zero-order chi connectivity index (χ0) is 15.2. The summed E-state index contributed by atoms with van der Waals surface area (Å²) in [6.45, 7) is 14.2. The van der Waals surface area contributed by atoms with E-state index in [4.69, 9.17) is 0 Å². The number of unbranched alkanes of at least 4 members (excludes halogenated alkanes) is 1. The molecule has 0 radical (unpaired) electrons. The lowest BCUT2D eigenvalue weighted by atomic mass is 9.71. The molecular formula is C18H38N2. The Kier molecular flexibility index (Phi) is 7.53. The molecule has 0 spiro atoms. The Morgan fingerprint density at radius 2 is 1.65 bits per heavy atom. The molecule has 1 aliphatic rings. The van der Waals surface area contributed by atoms with Crippen molar-refractivity contribution in [3.63, 3.8) is 0 Å². The van der Waals surface area contributed by atoms with Crippen LogP contribution in [0.4, 0.5) is 0 Å². The molecule has 2 nitrogen and oxygen atoms in total. The maximum atomic E-state index is 3.78. The van der Waals surface area contributed by atoms with Crippen molar-refractivity contribution in [1.82, 2.24) is 10.2 Å². The fourth-order valence-electron chi connectivity index (χ4n) is 3.21. The van der Waals surface area contributed by atoms with Crippen molar-refractivity contribution in [2.75, 3.05) is 20.1 Å². The first kappa shape index (κ1) is 18.0. The third-order valence-electron chi connectivity index (χ3n) is 5.20. The Hall–Kier alpha value is -0.0800. The van der Waals surface area contributed by atoms with E-state index in [2.05, 4.69) is 51.9 Å². The Morgan fingerprint density at radius 3 is 2.15 bits per heavy atom. The SMILES string of the molecule is CC(C)N(C)CCCCNC1CCC(C(C)(C)C)CC1. The van der Waals surface area contributed by atoms with E-state index in [-0.39, 0.29) is 0 Å². The summed E-state index contributed by atoms with van der Waals surface area (Å²) < 4.78 is 0. The molecule has 1 saturated carbocycles. The molecule has 2 heteroatoms. The van der Waals surface area contributed by atoms with E-state index in [1.807, 2.05) is 0 Å². The van der Waals surface area contributed by atoms with Crippen LogP contribution in [0, 0.1) is 11.3 Å². The molecule has 0 aliphatic heterocycles. The molecule has 120 valence electrons. The summed E-state index contributed by atoms with van der Waals surface area (Å²) in [5.41, 5.74) is 0.506. The van der Waals surface area contributed by atoms with E-state index < -0.39 is 0 Å². The van der Waals surface area contributed by atoms with Gasteiger partial charge in [-0.05, 0) is 83.8 Å². The molecule has 0 aromatic carbocycles. The second-order valence-corrected chi connectivity index (χ2v) is 8.15. The lowest BCUT2D eigenvalue weighted by molar-refractivity contribution is 0.160. The lowest BCUT2D eigenvalue weighted by Crippen LogP contribution is -2.36. The van der Waals surface area contributed by atoms with Gasteiger partial charge in [0.1, 0.15) is 0 Å². The van der Waals surface area contributed by atoms with Crippen LogP contribution < -0.4 is 5.32 Å². The van der Waals surface area contributed by atoms with Gasteiger partial charge in [-0.2, -0.15) is 0 Å².